The molecule has 0 saturated heterocycles. The molecule has 2 aliphatic rings. The number of hydrogen-bond donors (Lipinski definition) is 1. The molecule has 0 unspecified atom stereocenters. The number of anilines is 1. The van der Waals surface area contributed by atoms with Gasteiger partial charge in [0.2, 0.25) is 0 Å². The van der Waals surface area contributed by atoms with Crippen LogP contribution in [-0.4, -0.2) is 32.4 Å². The summed E-state index contributed by atoms with van der Waals surface area (Å²) in [4.78, 5) is 14.5. The Labute approximate surface area is 161 Å². The lowest BCUT2D eigenvalue weighted by Crippen LogP contribution is -2.41. The van der Waals surface area contributed by atoms with Crippen molar-refractivity contribution in [3.8, 4) is 11.3 Å². The molecule has 1 aliphatic carbocycles. The van der Waals surface area contributed by atoms with E-state index in [2.05, 4.69) is 10.5 Å². The van der Waals surface area contributed by atoms with Crippen molar-refractivity contribution in [3.05, 3.63) is 52.7 Å². The zero-order valence-corrected chi connectivity index (χ0v) is 15.5. The summed E-state index contributed by atoms with van der Waals surface area (Å²) < 4.78 is 21.0. The van der Waals surface area contributed by atoms with E-state index in [9.17, 15) is 9.18 Å². The summed E-state index contributed by atoms with van der Waals surface area (Å²) in [6, 6.07) is 4.36. The van der Waals surface area contributed by atoms with E-state index in [-0.39, 0.29) is 11.8 Å². The summed E-state index contributed by atoms with van der Waals surface area (Å²) in [7, 11) is 0. The number of aryl methyl sites for hydroxylation is 3. The van der Waals surface area contributed by atoms with Gasteiger partial charge in [-0.3, -0.25) is 4.68 Å². The van der Waals surface area contributed by atoms with Crippen molar-refractivity contribution in [1.82, 2.24) is 19.8 Å². The van der Waals surface area contributed by atoms with Crippen LogP contribution < -0.4 is 5.32 Å². The summed E-state index contributed by atoms with van der Waals surface area (Å²) in [5.41, 5.74) is 5.16. The molecule has 2 amide bonds. The zero-order chi connectivity index (χ0) is 19.3. The van der Waals surface area contributed by atoms with E-state index in [1.165, 1.54) is 6.07 Å². The monoisotopic (exact) mass is 381 g/mol. The number of urea groups is 1. The topological polar surface area (TPSA) is 76.2 Å². The van der Waals surface area contributed by atoms with E-state index in [1.807, 2.05) is 4.68 Å². The Kier molecular flexibility index (Phi) is 3.92. The van der Waals surface area contributed by atoms with Gasteiger partial charge in [0, 0.05) is 17.8 Å². The minimum Gasteiger partial charge on any atom is -0.356 e. The largest absolute Gasteiger partial charge is 0.356 e. The van der Waals surface area contributed by atoms with Crippen LogP contribution in [0, 0.1) is 12.7 Å². The van der Waals surface area contributed by atoms with Crippen LogP contribution in [0.1, 0.15) is 28.9 Å². The third kappa shape index (κ3) is 2.76. The Morgan fingerprint density at radius 1 is 1.29 bits per heavy atom. The first-order valence-electron chi connectivity index (χ1n) is 9.44. The number of carbonyl (C=O) groups excluding carboxylic acids is 1. The molecule has 0 spiro atoms. The van der Waals surface area contributed by atoms with Crippen molar-refractivity contribution in [2.24, 2.45) is 0 Å². The van der Waals surface area contributed by atoms with E-state index in [0.29, 0.717) is 30.9 Å². The van der Waals surface area contributed by atoms with Gasteiger partial charge < -0.3 is 14.7 Å². The van der Waals surface area contributed by atoms with E-state index < -0.39 is 0 Å². The molecule has 0 bridgehead atoms. The highest BCUT2D eigenvalue weighted by molar-refractivity contribution is 5.89. The van der Waals surface area contributed by atoms with Gasteiger partial charge in [0.1, 0.15) is 5.82 Å². The van der Waals surface area contributed by atoms with Crippen molar-refractivity contribution in [1.29, 1.82) is 0 Å². The molecular weight excluding hydrogens is 361 g/mol. The number of fused-ring (bicyclic) bond motifs is 5. The number of aromatic nitrogens is 3. The summed E-state index contributed by atoms with van der Waals surface area (Å²) in [5.74, 6) is 0.496. The van der Waals surface area contributed by atoms with Crippen molar-refractivity contribution in [2.75, 3.05) is 11.9 Å². The van der Waals surface area contributed by atoms with Gasteiger partial charge in [0.15, 0.2) is 5.76 Å². The second-order valence-corrected chi connectivity index (χ2v) is 7.34. The Bertz CT molecular complexity index is 1070. The third-order valence-electron chi connectivity index (χ3n) is 5.48. The first kappa shape index (κ1) is 17.0. The molecule has 0 saturated carbocycles. The first-order chi connectivity index (χ1) is 13.6. The Morgan fingerprint density at radius 2 is 2.18 bits per heavy atom. The van der Waals surface area contributed by atoms with E-state index in [4.69, 9.17) is 9.62 Å². The number of halogens is 1. The molecule has 144 valence electrons. The number of nitrogens with zero attached hydrogens (tertiary/aromatic N) is 4. The standard InChI is InChI=1S/C20H20FN5O2/c1-12-9-14(5-6-15(12)21)23-20(27)25-7-8-26-17(11-25)18-16(24-26)4-2-3-13-10-22-28-19(13)18/h5-6,9-10H,2-4,7-8,11H2,1H3,(H,23,27). The molecule has 1 N–H and O–H groups in total. The van der Waals surface area contributed by atoms with Crippen molar-refractivity contribution in [3.63, 3.8) is 0 Å². The fourth-order valence-electron chi connectivity index (χ4n) is 4.00. The summed E-state index contributed by atoms with van der Waals surface area (Å²) in [5, 5.41) is 11.6. The lowest BCUT2D eigenvalue weighted by atomic mass is 10.1. The minimum atomic E-state index is -0.287. The van der Waals surface area contributed by atoms with Crippen LogP contribution in [0.4, 0.5) is 14.9 Å². The Morgan fingerprint density at radius 3 is 3.04 bits per heavy atom. The predicted molar refractivity (Wildman–Crippen MR) is 100 cm³/mol. The lowest BCUT2D eigenvalue weighted by Gasteiger charge is -2.28. The average Bonchev–Trinajstić information content (AvgIpc) is 3.24. The molecule has 7 nitrogen and oxygen atoms in total. The third-order valence-corrected chi connectivity index (χ3v) is 5.48. The Balaban J connectivity index is 1.42. The molecule has 0 fully saturated rings. The zero-order valence-electron chi connectivity index (χ0n) is 15.5. The van der Waals surface area contributed by atoms with Gasteiger partial charge in [0.05, 0.1) is 36.2 Å². The van der Waals surface area contributed by atoms with Crippen molar-refractivity contribution < 1.29 is 13.7 Å². The predicted octanol–water partition coefficient (Wildman–Crippen LogP) is 3.52. The number of rotatable bonds is 1. The highest BCUT2D eigenvalue weighted by Crippen LogP contribution is 2.36. The van der Waals surface area contributed by atoms with Gasteiger partial charge in [0.25, 0.3) is 0 Å². The second-order valence-electron chi connectivity index (χ2n) is 7.34. The molecule has 1 aliphatic heterocycles. The van der Waals surface area contributed by atoms with Crippen molar-refractivity contribution >= 4 is 11.7 Å². The summed E-state index contributed by atoms with van der Waals surface area (Å²) >= 11 is 0. The minimum absolute atomic E-state index is 0.210. The summed E-state index contributed by atoms with van der Waals surface area (Å²) in [6.45, 7) is 3.30. The van der Waals surface area contributed by atoms with Gasteiger partial charge in [-0.05, 0) is 49.9 Å². The average molecular weight is 381 g/mol. The first-order valence-corrected chi connectivity index (χ1v) is 9.44. The molecule has 3 heterocycles. The highest BCUT2D eigenvalue weighted by Gasteiger charge is 2.31. The van der Waals surface area contributed by atoms with Gasteiger partial charge in [-0.1, -0.05) is 5.16 Å². The SMILES string of the molecule is Cc1cc(NC(=O)N2CCn3nc4c(c3C2)-c2oncc2CCC4)ccc1F. The quantitative estimate of drug-likeness (QED) is 0.700. The normalized spacial score (nSPS) is 15.4. The number of nitrogens with one attached hydrogen (secondary N) is 1. The van der Waals surface area contributed by atoms with Gasteiger partial charge >= 0.3 is 6.03 Å². The van der Waals surface area contributed by atoms with Gasteiger partial charge in [-0.25, -0.2) is 9.18 Å². The number of benzene rings is 1. The summed E-state index contributed by atoms with van der Waals surface area (Å²) in [6.07, 6.45) is 4.59. The molecule has 0 radical (unpaired) electrons. The van der Waals surface area contributed by atoms with Crippen LogP contribution >= 0.6 is 0 Å². The maximum atomic E-state index is 13.5. The van der Waals surface area contributed by atoms with Crippen LogP contribution in [-0.2, 0) is 25.9 Å². The fourth-order valence-corrected chi connectivity index (χ4v) is 4.00. The molecular formula is C20H20FN5O2. The molecule has 0 atom stereocenters. The number of hydrogen-bond acceptors (Lipinski definition) is 4. The van der Waals surface area contributed by atoms with Gasteiger partial charge in [-0.15, -0.1) is 0 Å². The highest BCUT2D eigenvalue weighted by atomic mass is 19.1. The maximum Gasteiger partial charge on any atom is 0.322 e. The van der Waals surface area contributed by atoms with Crippen molar-refractivity contribution in [2.45, 2.75) is 39.3 Å². The van der Waals surface area contributed by atoms with Gasteiger partial charge in [-0.2, -0.15) is 5.10 Å². The van der Waals surface area contributed by atoms with Crippen LogP contribution in [0.2, 0.25) is 0 Å². The van der Waals surface area contributed by atoms with Crippen LogP contribution in [0.15, 0.2) is 28.9 Å². The molecule has 28 heavy (non-hydrogen) atoms. The fraction of sp³-hybridized carbons (Fsp3) is 0.350. The number of carbonyl (C=O) groups is 1. The van der Waals surface area contributed by atoms with E-state index in [1.54, 1.807) is 30.2 Å². The Hall–Kier alpha value is -3.16. The van der Waals surface area contributed by atoms with Crippen LogP contribution in [0.5, 0.6) is 0 Å². The van der Waals surface area contributed by atoms with E-state index >= 15 is 0 Å². The van der Waals surface area contributed by atoms with E-state index in [0.717, 1.165) is 47.5 Å². The number of amides is 2. The van der Waals surface area contributed by atoms with Crippen LogP contribution in [0.3, 0.4) is 0 Å². The lowest BCUT2D eigenvalue weighted by molar-refractivity contribution is 0.194. The maximum absolute atomic E-state index is 13.5. The molecule has 8 heteroatoms. The smallest absolute Gasteiger partial charge is 0.322 e. The molecule has 2 aromatic heterocycles. The second kappa shape index (κ2) is 6.47. The van der Waals surface area contributed by atoms with Crippen LogP contribution in [0.25, 0.3) is 11.3 Å². The molecule has 1 aromatic carbocycles. The molecule has 3 aromatic rings. The molecule has 5 rings (SSSR count).